The van der Waals surface area contributed by atoms with Crippen LogP contribution in [-0.2, 0) is 11.2 Å². The number of halogens is 5. The van der Waals surface area contributed by atoms with Crippen molar-refractivity contribution in [2.45, 2.75) is 37.6 Å². The standard InChI is InChI=1S/C22H19ClF4N2O5/c23-19-13(25)8-15(11-1-2-18(30)28-20(11)19)32-10-21(31)3-5-29(6-4-21)14-9-17-16(7-12(14)24)33-22(26,27)34-17/h7-9,31H,1-6,10H2,(H,28,30). The molecule has 0 saturated carbocycles. The fourth-order valence-electron chi connectivity index (χ4n) is 4.31. The largest absolute Gasteiger partial charge is 0.586 e. The van der Waals surface area contributed by atoms with Crippen LogP contribution in [0.25, 0.3) is 0 Å². The molecule has 0 atom stereocenters. The highest BCUT2D eigenvalue weighted by Gasteiger charge is 2.44. The minimum Gasteiger partial charge on any atom is -0.490 e. The van der Waals surface area contributed by atoms with Crippen LogP contribution in [0.2, 0.25) is 5.02 Å². The van der Waals surface area contributed by atoms with E-state index in [-0.39, 0.29) is 78.5 Å². The Morgan fingerprint density at radius 2 is 1.76 bits per heavy atom. The van der Waals surface area contributed by atoms with Gasteiger partial charge in [0.15, 0.2) is 11.5 Å². The van der Waals surface area contributed by atoms with Gasteiger partial charge >= 0.3 is 6.29 Å². The smallest absolute Gasteiger partial charge is 0.490 e. The van der Waals surface area contributed by atoms with Gasteiger partial charge in [0.05, 0.1) is 11.4 Å². The molecule has 0 spiro atoms. The summed E-state index contributed by atoms with van der Waals surface area (Å²) in [7, 11) is 0. The van der Waals surface area contributed by atoms with Crippen molar-refractivity contribution in [2.75, 3.05) is 29.9 Å². The lowest BCUT2D eigenvalue weighted by molar-refractivity contribution is -0.286. The predicted molar refractivity (Wildman–Crippen MR) is 113 cm³/mol. The molecule has 34 heavy (non-hydrogen) atoms. The Hall–Kier alpha value is -2.92. The molecule has 2 aromatic rings. The van der Waals surface area contributed by atoms with Crippen LogP contribution in [0.1, 0.15) is 24.8 Å². The average Bonchev–Trinajstić information content (AvgIpc) is 3.08. The number of carbonyl (C=O) groups excluding carboxylic acids is 1. The lowest BCUT2D eigenvalue weighted by Crippen LogP contribution is -2.48. The molecule has 3 aliphatic heterocycles. The molecule has 3 heterocycles. The van der Waals surface area contributed by atoms with E-state index in [9.17, 15) is 27.5 Å². The molecule has 1 amide bonds. The van der Waals surface area contributed by atoms with Crippen LogP contribution in [0, 0.1) is 11.6 Å². The maximum Gasteiger partial charge on any atom is 0.586 e. The Bertz CT molecular complexity index is 1170. The Morgan fingerprint density at radius 1 is 1.09 bits per heavy atom. The van der Waals surface area contributed by atoms with Crippen molar-refractivity contribution < 1.29 is 41.7 Å². The van der Waals surface area contributed by atoms with Crippen LogP contribution in [0.3, 0.4) is 0 Å². The van der Waals surface area contributed by atoms with E-state index in [0.29, 0.717) is 12.0 Å². The van der Waals surface area contributed by atoms with Gasteiger partial charge in [-0.3, -0.25) is 4.79 Å². The molecule has 1 fully saturated rings. The van der Waals surface area contributed by atoms with Crippen LogP contribution < -0.4 is 24.4 Å². The van der Waals surface area contributed by atoms with Gasteiger partial charge in [0, 0.05) is 43.3 Å². The van der Waals surface area contributed by atoms with Gasteiger partial charge < -0.3 is 29.5 Å². The summed E-state index contributed by atoms with van der Waals surface area (Å²) < 4.78 is 69.7. The third-order valence-electron chi connectivity index (χ3n) is 6.15. The summed E-state index contributed by atoms with van der Waals surface area (Å²) in [6, 6.07) is 3.10. The topological polar surface area (TPSA) is 80.3 Å². The van der Waals surface area contributed by atoms with E-state index in [4.69, 9.17) is 16.3 Å². The van der Waals surface area contributed by atoms with Gasteiger partial charge in [0.2, 0.25) is 5.91 Å². The summed E-state index contributed by atoms with van der Waals surface area (Å²) in [5.41, 5.74) is -0.533. The Balaban J connectivity index is 1.27. The van der Waals surface area contributed by atoms with Crippen LogP contribution in [0.5, 0.6) is 17.2 Å². The molecule has 3 aliphatic rings. The maximum atomic E-state index is 14.5. The van der Waals surface area contributed by atoms with E-state index in [1.807, 2.05) is 0 Å². The van der Waals surface area contributed by atoms with E-state index >= 15 is 0 Å². The molecular weight excluding hydrogens is 484 g/mol. The number of anilines is 2. The first-order valence-electron chi connectivity index (χ1n) is 10.5. The maximum absolute atomic E-state index is 14.5. The molecule has 7 nitrogen and oxygen atoms in total. The molecule has 1 saturated heterocycles. The zero-order valence-corrected chi connectivity index (χ0v) is 18.4. The summed E-state index contributed by atoms with van der Waals surface area (Å²) in [6.45, 7) is 0.240. The molecule has 2 aromatic carbocycles. The van der Waals surface area contributed by atoms with Crippen LogP contribution in [0.15, 0.2) is 18.2 Å². The number of nitrogens with one attached hydrogen (secondary N) is 1. The second-order valence-electron chi connectivity index (χ2n) is 8.49. The number of amides is 1. The fourth-order valence-corrected chi connectivity index (χ4v) is 4.53. The highest BCUT2D eigenvalue weighted by molar-refractivity contribution is 6.34. The molecule has 0 unspecified atom stereocenters. The average molecular weight is 503 g/mol. The number of nitrogens with zero attached hydrogens (tertiary/aromatic N) is 1. The lowest BCUT2D eigenvalue weighted by Gasteiger charge is -2.39. The van der Waals surface area contributed by atoms with Crippen molar-refractivity contribution in [3.63, 3.8) is 0 Å². The van der Waals surface area contributed by atoms with Crippen molar-refractivity contribution in [1.82, 2.24) is 0 Å². The van der Waals surface area contributed by atoms with E-state index in [1.165, 1.54) is 0 Å². The quantitative estimate of drug-likeness (QED) is 0.609. The molecule has 12 heteroatoms. The molecule has 182 valence electrons. The molecule has 0 radical (unpaired) electrons. The number of hydrogen-bond acceptors (Lipinski definition) is 6. The van der Waals surface area contributed by atoms with Gasteiger partial charge in [-0.15, -0.1) is 8.78 Å². The second kappa shape index (κ2) is 8.09. The zero-order valence-electron chi connectivity index (χ0n) is 17.6. The number of benzene rings is 2. The number of ether oxygens (including phenoxy) is 3. The predicted octanol–water partition coefficient (Wildman–Crippen LogP) is 4.23. The van der Waals surface area contributed by atoms with Gasteiger partial charge in [0.25, 0.3) is 0 Å². The fraction of sp³-hybridized carbons (Fsp3) is 0.409. The monoisotopic (exact) mass is 502 g/mol. The summed E-state index contributed by atoms with van der Waals surface area (Å²) in [4.78, 5) is 13.3. The number of fused-ring (bicyclic) bond motifs is 2. The molecular formula is C22H19ClF4N2O5. The first-order valence-corrected chi connectivity index (χ1v) is 10.9. The van der Waals surface area contributed by atoms with E-state index in [1.54, 1.807) is 4.90 Å². The van der Waals surface area contributed by atoms with Gasteiger partial charge in [-0.25, -0.2) is 8.78 Å². The Morgan fingerprint density at radius 3 is 2.47 bits per heavy atom. The summed E-state index contributed by atoms with van der Waals surface area (Å²) in [5, 5.41) is 13.3. The zero-order chi connectivity index (χ0) is 24.3. The molecule has 0 bridgehead atoms. The summed E-state index contributed by atoms with van der Waals surface area (Å²) >= 11 is 5.97. The van der Waals surface area contributed by atoms with E-state index in [2.05, 4.69) is 14.8 Å². The third-order valence-corrected chi connectivity index (χ3v) is 6.52. The van der Waals surface area contributed by atoms with Crippen molar-refractivity contribution in [2.24, 2.45) is 0 Å². The molecule has 0 aliphatic carbocycles. The molecule has 5 rings (SSSR count). The normalized spacial score (nSPS) is 20.1. The van der Waals surface area contributed by atoms with Crippen molar-refractivity contribution in [1.29, 1.82) is 0 Å². The SMILES string of the molecule is O=C1CCc2c(OCC3(O)CCN(c4cc5c(cc4F)OC(F)(F)O5)CC3)cc(F)c(Cl)c2N1. The van der Waals surface area contributed by atoms with Crippen molar-refractivity contribution >= 4 is 28.9 Å². The molecule has 0 aromatic heterocycles. The number of carbonyl (C=O) groups is 1. The van der Waals surface area contributed by atoms with E-state index < -0.39 is 23.5 Å². The van der Waals surface area contributed by atoms with E-state index in [0.717, 1.165) is 18.2 Å². The van der Waals surface area contributed by atoms with Crippen molar-refractivity contribution in [3.8, 4) is 17.2 Å². The van der Waals surface area contributed by atoms with Crippen LogP contribution >= 0.6 is 11.6 Å². The summed E-state index contributed by atoms with van der Waals surface area (Å²) in [6.07, 6.45) is -3.00. The van der Waals surface area contributed by atoms with Gasteiger partial charge in [-0.1, -0.05) is 11.6 Å². The second-order valence-corrected chi connectivity index (χ2v) is 8.87. The lowest BCUT2D eigenvalue weighted by atomic mass is 9.92. The number of alkyl halides is 2. The number of hydrogen-bond donors (Lipinski definition) is 2. The highest BCUT2D eigenvalue weighted by Crippen LogP contribution is 2.45. The number of rotatable bonds is 4. The van der Waals surface area contributed by atoms with Crippen molar-refractivity contribution in [3.05, 3.63) is 40.4 Å². The number of aliphatic hydroxyl groups is 1. The van der Waals surface area contributed by atoms with Crippen LogP contribution in [0.4, 0.5) is 28.9 Å². The third kappa shape index (κ3) is 4.18. The Kier molecular flexibility index (Phi) is 5.44. The minimum absolute atomic E-state index is 0.0487. The first kappa shape index (κ1) is 22.9. The van der Waals surface area contributed by atoms with Gasteiger partial charge in [-0.2, -0.15) is 0 Å². The summed E-state index contributed by atoms with van der Waals surface area (Å²) in [5.74, 6) is -2.28. The van der Waals surface area contributed by atoms with Crippen LogP contribution in [-0.4, -0.2) is 42.6 Å². The first-order chi connectivity index (χ1) is 16.0. The number of piperidine rings is 1. The van der Waals surface area contributed by atoms with Gasteiger partial charge in [-0.05, 0) is 19.3 Å². The minimum atomic E-state index is -3.85. The highest BCUT2D eigenvalue weighted by atomic mass is 35.5. The van der Waals surface area contributed by atoms with Gasteiger partial charge in [0.1, 0.15) is 34.6 Å². The Labute approximate surface area is 196 Å². The molecule has 2 N–H and O–H groups in total.